The molecule has 0 bridgehead atoms. The van der Waals surface area contributed by atoms with E-state index in [1.54, 1.807) is 19.1 Å². The van der Waals surface area contributed by atoms with Gasteiger partial charge in [0.05, 0.1) is 12.0 Å². The van der Waals surface area contributed by atoms with Crippen LogP contribution in [-0.2, 0) is 9.59 Å². The van der Waals surface area contributed by atoms with Crippen molar-refractivity contribution >= 4 is 17.6 Å². The number of nitrogens with zero attached hydrogens (tertiary/aromatic N) is 1. The second kappa shape index (κ2) is 5.92. The summed E-state index contributed by atoms with van der Waals surface area (Å²) in [4.78, 5) is 25.7. The van der Waals surface area contributed by atoms with Crippen LogP contribution in [0.4, 0.5) is 10.1 Å². The topological polar surface area (TPSA) is 69.6 Å². The maximum absolute atomic E-state index is 13.5. The number of amides is 1. The van der Waals surface area contributed by atoms with Gasteiger partial charge in [-0.3, -0.25) is 14.5 Å². The Kier molecular flexibility index (Phi) is 4.10. The molecule has 23 heavy (non-hydrogen) atoms. The molecule has 0 aromatic heterocycles. The Morgan fingerprint density at radius 3 is 2.91 bits per heavy atom. The van der Waals surface area contributed by atoms with Crippen molar-refractivity contribution in [2.75, 3.05) is 25.0 Å². The Bertz CT molecular complexity index is 649. The van der Waals surface area contributed by atoms with E-state index in [4.69, 9.17) is 0 Å². The molecule has 0 spiro atoms. The van der Waals surface area contributed by atoms with Crippen molar-refractivity contribution in [3.63, 3.8) is 0 Å². The molecular weight excluding hydrogens is 299 g/mol. The molecule has 1 aromatic carbocycles. The number of carbonyl (C=O) groups is 2. The number of anilines is 1. The lowest BCUT2D eigenvalue weighted by Gasteiger charge is -2.23. The zero-order valence-corrected chi connectivity index (χ0v) is 13.1. The number of halogens is 1. The lowest BCUT2D eigenvalue weighted by molar-refractivity contribution is -0.149. The normalized spacial score (nSPS) is 27.0. The zero-order valence-electron chi connectivity index (χ0n) is 13.1. The number of aliphatic carboxylic acids is 1. The predicted molar refractivity (Wildman–Crippen MR) is 83.6 cm³/mol. The van der Waals surface area contributed by atoms with Gasteiger partial charge in [-0.15, -0.1) is 0 Å². The van der Waals surface area contributed by atoms with Gasteiger partial charge in [0.25, 0.3) is 0 Å². The van der Waals surface area contributed by atoms with Crippen LogP contribution in [0.25, 0.3) is 0 Å². The van der Waals surface area contributed by atoms with Crippen LogP contribution in [0, 0.1) is 24.1 Å². The fraction of sp³-hybridized carbons (Fsp3) is 0.529. The van der Waals surface area contributed by atoms with Gasteiger partial charge in [-0.1, -0.05) is 12.5 Å². The van der Waals surface area contributed by atoms with Gasteiger partial charge in [0, 0.05) is 18.8 Å². The minimum atomic E-state index is -0.747. The summed E-state index contributed by atoms with van der Waals surface area (Å²) in [6.45, 7) is 2.86. The van der Waals surface area contributed by atoms with Crippen LogP contribution >= 0.6 is 0 Å². The van der Waals surface area contributed by atoms with Crippen molar-refractivity contribution in [1.29, 1.82) is 0 Å². The first-order valence-corrected chi connectivity index (χ1v) is 7.92. The first kappa shape index (κ1) is 15.9. The van der Waals surface area contributed by atoms with Gasteiger partial charge in [-0.25, -0.2) is 4.39 Å². The number of likely N-dealkylation sites (tertiary alicyclic amines) is 1. The monoisotopic (exact) mass is 320 g/mol. The molecular formula is C17H21FN2O3. The van der Waals surface area contributed by atoms with E-state index >= 15 is 0 Å². The standard InChI is InChI=1S/C17H21FN2O3/c1-11-4-5-13(7-14(11)18)19-15(21)9-20-8-12-3-2-6-17(12,10-20)16(22)23/h4-5,7,12H,2-3,6,8-10H2,1H3,(H,19,21)(H,22,23)/t12-,17+/m0/s1. The summed E-state index contributed by atoms with van der Waals surface area (Å²) in [5.41, 5.74) is 0.264. The molecule has 2 aliphatic rings. The third-order valence-electron chi connectivity index (χ3n) is 5.19. The summed E-state index contributed by atoms with van der Waals surface area (Å²) in [6.07, 6.45) is 2.54. The Labute approximate surface area is 134 Å². The van der Waals surface area contributed by atoms with Gasteiger partial charge in [0.1, 0.15) is 5.82 Å². The maximum Gasteiger partial charge on any atom is 0.311 e. The number of benzene rings is 1. The highest BCUT2D eigenvalue weighted by atomic mass is 19.1. The molecule has 6 heteroatoms. The first-order valence-electron chi connectivity index (χ1n) is 7.92. The van der Waals surface area contributed by atoms with Crippen LogP contribution in [0.15, 0.2) is 18.2 Å². The number of hydrogen-bond donors (Lipinski definition) is 2. The van der Waals surface area contributed by atoms with Crippen molar-refractivity contribution in [1.82, 2.24) is 4.90 Å². The maximum atomic E-state index is 13.5. The Morgan fingerprint density at radius 2 is 2.26 bits per heavy atom. The van der Waals surface area contributed by atoms with Crippen molar-refractivity contribution in [3.05, 3.63) is 29.6 Å². The quantitative estimate of drug-likeness (QED) is 0.893. The number of carboxylic acid groups (broad SMARTS) is 1. The Morgan fingerprint density at radius 1 is 1.48 bits per heavy atom. The average molecular weight is 320 g/mol. The summed E-state index contributed by atoms with van der Waals surface area (Å²) in [5.74, 6) is -1.22. The van der Waals surface area contributed by atoms with Gasteiger partial charge >= 0.3 is 5.97 Å². The van der Waals surface area contributed by atoms with E-state index in [9.17, 15) is 19.1 Å². The third-order valence-corrected chi connectivity index (χ3v) is 5.19. The van der Waals surface area contributed by atoms with Crippen LogP contribution in [0.2, 0.25) is 0 Å². The van der Waals surface area contributed by atoms with Crippen molar-refractivity contribution in [2.45, 2.75) is 26.2 Å². The van der Waals surface area contributed by atoms with Gasteiger partial charge in [-0.2, -0.15) is 0 Å². The highest BCUT2D eigenvalue weighted by molar-refractivity contribution is 5.92. The smallest absolute Gasteiger partial charge is 0.311 e. The number of carboxylic acids is 1. The predicted octanol–water partition coefficient (Wildman–Crippen LogP) is 2.26. The van der Waals surface area contributed by atoms with Crippen molar-refractivity contribution in [2.24, 2.45) is 11.3 Å². The van der Waals surface area contributed by atoms with Crippen LogP contribution in [0.5, 0.6) is 0 Å². The van der Waals surface area contributed by atoms with Gasteiger partial charge in [0.15, 0.2) is 0 Å². The molecule has 1 amide bonds. The van der Waals surface area contributed by atoms with E-state index in [2.05, 4.69) is 5.32 Å². The number of nitrogens with one attached hydrogen (secondary N) is 1. The molecule has 1 aliphatic carbocycles. The molecule has 0 unspecified atom stereocenters. The number of fused-ring (bicyclic) bond motifs is 1. The molecule has 1 aliphatic heterocycles. The van der Waals surface area contributed by atoms with Crippen molar-refractivity contribution < 1.29 is 19.1 Å². The van der Waals surface area contributed by atoms with Crippen LogP contribution in [0.3, 0.4) is 0 Å². The fourth-order valence-electron chi connectivity index (χ4n) is 3.94. The zero-order chi connectivity index (χ0) is 16.6. The molecule has 1 heterocycles. The van der Waals surface area contributed by atoms with E-state index in [0.29, 0.717) is 30.8 Å². The second-order valence-corrected chi connectivity index (χ2v) is 6.73. The largest absolute Gasteiger partial charge is 0.481 e. The van der Waals surface area contributed by atoms with E-state index in [1.165, 1.54) is 6.07 Å². The Balaban J connectivity index is 1.61. The second-order valence-electron chi connectivity index (χ2n) is 6.73. The number of aryl methyl sites for hydroxylation is 1. The molecule has 124 valence electrons. The summed E-state index contributed by atoms with van der Waals surface area (Å²) >= 11 is 0. The van der Waals surface area contributed by atoms with Gasteiger partial charge in [0.2, 0.25) is 5.91 Å². The minimum absolute atomic E-state index is 0.129. The van der Waals surface area contributed by atoms with Crippen LogP contribution in [-0.4, -0.2) is 41.5 Å². The molecule has 1 aromatic rings. The molecule has 0 radical (unpaired) electrons. The molecule has 1 saturated heterocycles. The van der Waals surface area contributed by atoms with E-state index in [0.717, 1.165) is 12.8 Å². The molecule has 2 N–H and O–H groups in total. The summed E-state index contributed by atoms with van der Waals surface area (Å²) in [7, 11) is 0. The number of carbonyl (C=O) groups excluding carboxylic acids is 1. The number of hydrogen-bond acceptors (Lipinski definition) is 3. The summed E-state index contributed by atoms with van der Waals surface area (Å²) < 4.78 is 13.5. The van der Waals surface area contributed by atoms with E-state index in [-0.39, 0.29) is 24.2 Å². The lowest BCUT2D eigenvalue weighted by atomic mass is 9.81. The van der Waals surface area contributed by atoms with Crippen molar-refractivity contribution in [3.8, 4) is 0 Å². The highest BCUT2D eigenvalue weighted by Crippen LogP contribution is 2.48. The van der Waals surface area contributed by atoms with Gasteiger partial charge in [-0.05, 0) is 43.4 Å². The molecule has 1 saturated carbocycles. The lowest BCUT2D eigenvalue weighted by Crippen LogP contribution is -2.37. The molecule has 3 rings (SSSR count). The summed E-state index contributed by atoms with van der Waals surface area (Å²) in [5, 5.41) is 12.2. The molecule has 2 atom stereocenters. The molecule has 2 fully saturated rings. The van der Waals surface area contributed by atoms with E-state index < -0.39 is 11.4 Å². The minimum Gasteiger partial charge on any atom is -0.481 e. The molecule has 5 nitrogen and oxygen atoms in total. The van der Waals surface area contributed by atoms with Gasteiger partial charge < -0.3 is 10.4 Å². The summed E-state index contributed by atoms with van der Waals surface area (Å²) in [6, 6.07) is 4.57. The van der Waals surface area contributed by atoms with Crippen LogP contribution in [0.1, 0.15) is 24.8 Å². The first-order chi connectivity index (χ1) is 10.9. The fourth-order valence-corrected chi connectivity index (χ4v) is 3.94. The SMILES string of the molecule is Cc1ccc(NC(=O)CN2C[C@@H]3CCC[C@@]3(C(=O)O)C2)cc1F. The Hall–Kier alpha value is -1.95. The average Bonchev–Trinajstić information content (AvgIpc) is 3.00. The number of rotatable bonds is 4. The third kappa shape index (κ3) is 2.95. The van der Waals surface area contributed by atoms with Crippen LogP contribution < -0.4 is 5.32 Å². The highest BCUT2D eigenvalue weighted by Gasteiger charge is 2.54. The van der Waals surface area contributed by atoms with E-state index in [1.807, 2.05) is 4.90 Å².